The summed E-state index contributed by atoms with van der Waals surface area (Å²) in [7, 11) is 0. The van der Waals surface area contributed by atoms with Crippen molar-refractivity contribution in [1.82, 2.24) is 31.9 Å². The maximum atomic E-state index is 12.7. The van der Waals surface area contributed by atoms with Crippen LogP contribution in [0.25, 0.3) is 0 Å². The summed E-state index contributed by atoms with van der Waals surface area (Å²) >= 11 is 0. The standard InChI is InChI=1S/C19H36N8O6/c1-4-23-16(30)11(2)25-18(32)13(5-7-20)27-19(33)14(6-8-21)26-17(31)12(3)24-15(29)9-22-10-28/h10-14H,4-9,20-21H2,1-3H3,(H,22,28)(H,23,30)(H,24,29)(H,25,32)(H,26,31)(H,27,33). The van der Waals surface area contributed by atoms with Crippen molar-refractivity contribution in [1.29, 1.82) is 0 Å². The Morgan fingerprint density at radius 1 is 0.758 bits per heavy atom. The lowest BCUT2D eigenvalue weighted by atomic mass is 10.1. The Morgan fingerprint density at radius 2 is 1.24 bits per heavy atom. The first-order valence-corrected chi connectivity index (χ1v) is 10.7. The second kappa shape index (κ2) is 16.4. The minimum atomic E-state index is -1.08. The first-order valence-electron chi connectivity index (χ1n) is 10.7. The van der Waals surface area contributed by atoms with Crippen molar-refractivity contribution in [2.75, 3.05) is 26.2 Å². The molecule has 0 rings (SSSR count). The predicted molar refractivity (Wildman–Crippen MR) is 119 cm³/mol. The second-order valence-corrected chi connectivity index (χ2v) is 7.19. The minimum absolute atomic E-state index is 0.0599. The number of rotatable bonds is 16. The molecule has 0 spiro atoms. The second-order valence-electron chi connectivity index (χ2n) is 7.19. The Balaban J connectivity index is 5.10. The summed E-state index contributed by atoms with van der Waals surface area (Å²) in [6, 6.07) is -3.95. The largest absolute Gasteiger partial charge is 0.355 e. The molecule has 0 fully saturated rings. The Kier molecular flexibility index (Phi) is 14.8. The molecule has 188 valence electrons. The molecule has 0 radical (unpaired) electrons. The van der Waals surface area contributed by atoms with E-state index in [0.717, 1.165) is 0 Å². The predicted octanol–water partition coefficient (Wildman–Crippen LogP) is -4.45. The van der Waals surface area contributed by atoms with Gasteiger partial charge in [-0.2, -0.15) is 0 Å². The topological polar surface area (TPSA) is 227 Å². The molecule has 0 aliphatic rings. The summed E-state index contributed by atoms with van der Waals surface area (Å²) in [4.78, 5) is 71.4. The van der Waals surface area contributed by atoms with Crippen molar-refractivity contribution >= 4 is 35.9 Å². The zero-order chi connectivity index (χ0) is 25.4. The fraction of sp³-hybridized carbons (Fsp3) is 0.684. The van der Waals surface area contributed by atoms with Gasteiger partial charge in [0.05, 0.1) is 6.54 Å². The molecule has 0 aliphatic carbocycles. The van der Waals surface area contributed by atoms with Gasteiger partial charge in [-0.25, -0.2) is 0 Å². The van der Waals surface area contributed by atoms with Gasteiger partial charge in [0.1, 0.15) is 24.2 Å². The highest BCUT2D eigenvalue weighted by atomic mass is 16.2. The van der Waals surface area contributed by atoms with Crippen LogP contribution in [0, 0.1) is 0 Å². The zero-order valence-corrected chi connectivity index (χ0v) is 19.2. The normalized spacial score (nSPS) is 14.0. The van der Waals surface area contributed by atoms with Crippen molar-refractivity contribution in [3.8, 4) is 0 Å². The molecule has 0 saturated carbocycles. The minimum Gasteiger partial charge on any atom is -0.355 e. The molecule has 0 aliphatic heterocycles. The first kappa shape index (κ1) is 29.7. The molecule has 0 aromatic rings. The van der Waals surface area contributed by atoms with Gasteiger partial charge < -0.3 is 43.4 Å². The quantitative estimate of drug-likeness (QED) is 0.102. The third-order valence-corrected chi connectivity index (χ3v) is 4.40. The zero-order valence-electron chi connectivity index (χ0n) is 19.2. The van der Waals surface area contributed by atoms with Crippen molar-refractivity contribution in [3.05, 3.63) is 0 Å². The van der Waals surface area contributed by atoms with E-state index in [0.29, 0.717) is 13.0 Å². The van der Waals surface area contributed by atoms with Gasteiger partial charge in [-0.05, 0) is 46.7 Å². The van der Waals surface area contributed by atoms with Crippen LogP contribution in [0.4, 0.5) is 0 Å². The van der Waals surface area contributed by atoms with E-state index in [2.05, 4.69) is 31.9 Å². The highest BCUT2D eigenvalue weighted by Crippen LogP contribution is 1.99. The Hall–Kier alpha value is -3.26. The van der Waals surface area contributed by atoms with Gasteiger partial charge in [0, 0.05) is 6.54 Å². The lowest BCUT2D eigenvalue weighted by molar-refractivity contribution is -0.134. The summed E-state index contributed by atoms with van der Waals surface area (Å²) in [5.41, 5.74) is 11.1. The summed E-state index contributed by atoms with van der Waals surface area (Å²) < 4.78 is 0. The number of carbonyl (C=O) groups excluding carboxylic acids is 6. The van der Waals surface area contributed by atoms with Crippen LogP contribution in [0.5, 0.6) is 0 Å². The van der Waals surface area contributed by atoms with Crippen LogP contribution < -0.4 is 43.4 Å². The number of nitrogens with one attached hydrogen (secondary N) is 6. The van der Waals surface area contributed by atoms with E-state index in [9.17, 15) is 28.8 Å². The average Bonchev–Trinajstić information content (AvgIpc) is 2.76. The Bertz CT molecular complexity index is 689. The van der Waals surface area contributed by atoms with Gasteiger partial charge in [0.25, 0.3) is 0 Å². The highest BCUT2D eigenvalue weighted by molar-refractivity contribution is 5.95. The molecule has 14 nitrogen and oxygen atoms in total. The Labute approximate surface area is 192 Å². The maximum Gasteiger partial charge on any atom is 0.243 e. The SMILES string of the molecule is CCNC(=O)C(C)NC(=O)C(CCN)NC(=O)C(CCN)NC(=O)C(C)NC(=O)CNC=O. The number of hydrogen-bond donors (Lipinski definition) is 8. The van der Waals surface area contributed by atoms with Crippen LogP contribution in [-0.4, -0.2) is 86.3 Å². The van der Waals surface area contributed by atoms with Gasteiger partial charge in [-0.15, -0.1) is 0 Å². The molecule has 14 heteroatoms. The van der Waals surface area contributed by atoms with Crippen molar-refractivity contribution < 1.29 is 28.8 Å². The van der Waals surface area contributed by atoms with E-state index in [-0.39, 0.29) is 38.4 Å². The molecule has 0 aromatic carbocycles. The van der Waals surface area contributed by atoms with Gasteiger partial charge in [-0.3, -0.25) is 28.8 Å². The molecule has 6 amide bonds. The molecule has 0 saturated heterocycles. The van der Waals surface area contributed by atoms with Crippen LogP contribution >= 0.6 is 0 Å². The molecular weight excluding hydrogens is 436 g/mol. The first-order chi connectivity index (χ1) is 15.6. The van der Waals surface area contributed by atoms with E-state index < -0.39 is 47.8 Å². The molecule has 0 bridgehead atoms. The number of likely N-dealkylation sites (N-methyl/N-ethyl adjacent to an activating group) is 1. The molecule has 33 heavy (non-hydrogen) atoms. The van der Waals surface area contributed by atoms with Crippen molar-refractivity contribution in [2.45, 2.75) is 57.8 Å². The number of hydrogen-bond acceptors (Lipinski definition) is 8. The van der Waals surface area contributed by atoms with Crippen LogP contribution in [-0.2, 0) is 28.8 Å². The lowest BCUT2D eigenvalue weighted by Gasteiger charge is -2.25. The molecule has 10 N–H and O–H groups in total. The third-order valence-electron chi connectivity index (χ3n) is 4.40. The van der Waals surface area contributed by atoms with Gasteiger partial charge in [0.15, 0.2) is 0 Å². The van der Waals surface area contributed by atoms with Gasteiger partial charge >= 0.3 is 0 Å². The third kappa shape index (κ3) is 11.8. The monoisotopic (exact) mass is 472 g/mol. The molecule has 4 unspecified atom stereocenters. The molecule has 4 atom stereocenters. The van der Waals surface area contributed by atoms with E-state index in [1.807, 2.05) is 0 Å². The van der Waals surface area contributed by atoms with Crippen molar-refractivity contribution in [3.63, 3.8) is 0 Å². The van der Waals surface area contributed by atoms with Crippen LogP contribution in [0.1, 0.15) is 33.6 Å². The van der Waals surface area contributed by atoms with Gasteiger partial charge in [-0.1, -0.05) is 0 Å². The summed E-state index contributed by atoms with van der Waals surface area (Å²) in [5, 5.41) is 14.6. The fourth-order valence-corrected chi connectivity index (χ4v) is 2.64. The summed E-state index contributed by atoms with van der Waals surface area (Å²) in [6.07, 6.45) is 0.507. The van der Waals surface area contributed by atoms with E-state index in [1.165, 1.54) is 13.8 Å². The van der Waals surface area contributed by atoms with E-state index in [4.69, 9.17) is 11.5 Å². The van der Waals surface area contributed by atoms with E-state index in [1.54, 1.807) is 6.92 Å². The number of amides is 6. The number of nitrogens with two attached hydrogens (primary N) is 2. The highest BCUT2D eigenvalue weighted by Gasteiger charge is 2.28. The molecule has 0 heterocycles. The van der Waals surface area contributed by atoms with Gasteiger partial charge in [0.2, 0.25) is 35.9 Å². The van der Waals surface area contributed by atoms with Crippen molar-refractivity contribution in [2.24, 2.45) is 11.5 Å². The molecule has 0 aromatic heterocycles. The van der Waals surface area contributed by atoms with Crippen LogP contribution in [0.15, 0.2) is 0 Å². The summed E-state index contributed by atoms with van der Waals surface area (Å²) in [5.74, 6) is -2.91. The maximum absolute atomic E-state index is 12.7. The van der Waals surface area contributed by atoms with Crippen LogP contribution in [0.2, 0.25) is 0 Å². The Morgan fingerprint density at radius 3 is 1.73 bits per heavy atom. The fourth-order valence-electron chi connectivity index (χ4n) is 2.64. The average molecular weight is 473 g/mol. The smallest absolute Gasteiger partial charge is 0.243 e. The number of carbonyl (C=O) groups is 6. The van der Waals surface area contributed by atoms with Crippen LogP contribution in [0.3, 0.4) is 0 Å². The summed E-state index contributed by atoms with van der Waals surface area (Å²) in [6.45, 7) is 4.88. The van der Waals surface area contributed by atoms with E-state index >= 15 is 0 Å². The lowest BCUT2D eigenvalue weighted by Crippen LogP contribution is -2.58. The molecular formula is C19H36N8O6.